The molecule has 0 spiro atoms. The lowest BCUT2D eigenvalue weighted by Gasteiger charge is -2.10. The van der Waals surface area contributed by atoms with Gasteiger partial charge in [0.2, 0.25) is 0 Å². The lowest BCUT2D eigenvalue weighted by Crippen LogP contribution is -2.05. The first-order valence-corrected chi connectivity index (χ1v) is 9.77. The van der Waals surface area contributed by atoms with E-state index in [4.69, 9.17) is 4.98 Å². The summed E-state index contributed by atoms with van der Waals surface area (Å²) in [7, 11) is 1.95. The van der Waals surface area contributed by atoms with Gasteiger partial charge in [0.1, 0.15) is 5.82 Å². The van der Waals surface area contributed by atoms with Crippen molar-refractivity contribution in [2.24, 2.45) is 7.05 Å². The molecule has 4 aromatic rings. The maximum Gasteiger partial charge on any atom is 0.174 e. The smallest absolute Gasteiger partial charge is 0.174 e. The number of aromatic nitrogens is 5. The zero-order valence-corrected chi connectivity index (χ0v) is 17.2. The maximum absolute atomic E-state index is 4.74. The summed E-state index contributed by atoms with van der Waals surface area (Å²) in [5, 5.41) is 4.57. The lowest BCUT2D eigenvalue weighted by atomic mass is 10.0. The van der Waals surface area contributed by atoms with Crippen molar-refractivity contribution in [1.82, 2.24) is 24.3 Å². The average Bonchev–Trinajstić information content (AvgIpc) is 3.32. The number of rotatable bonds is 5. The van der Waals surface area contributed by atoms with Gasteiger partial charge < -0.3 is 4.57 Å². The van der Waals surface area contributed by atoms with Crippen LogP contribution in [0.2, 0.25) is 0 Å². The molecule has 5 nitrogen and oxygen atoms in total. The van der Waals surface area contributed by atoms with Crippen LogP contribution in [0.3, 0.4) is 0 Å². The van der Waals surface area contributed by atoms with Gasteiger partial charge in [-0.05, 0) is 48.7 Å². The van der Waals surface area contributed by atoms with E-state index in [0.29, 0.717) is 0 Å². The molecule has 1 atom stereocenters. The first-order valence-electron chi connectivity index (χ1n) is 9.77. The Hall–Kier alpha value is -3.47. The molecule has 2 aromatic heterocycles. The summed E-state index contributed by atoms with van der Waals surface area (Å²) >= 11 is 0. The van der Waals surface area contributed by atoms with Crippen LogP contribution in [-0.4, -0.2) is 24.3 Å². The highest BCUT2D eigenvalue weighted by Crippen LogP contribution is 2.22. The topological polar surface area (TPSA) is 48.5 Å². The molecule has 0 aliphatic rings. The fraction of sp³-hybridized carbons (Fsp3) is 0.208. The van der Waals surface area contributed by atoms with E-state index in [2.05, 4.69) is 77.0 Å². The monoisotopic (exact) mass is 383 g/mol. The Morgan fingerprint density at radius 1 is 1.00 bits per heavy atom. The number of aryl methyl sites for hydroxylation is 3. The fourth-order valence-electron chi connectivity index (χ4n) is 3.55. The Kier molecular flexibility index (Phi) is 5.12. The fourth-order valence-corrected chi connectivity index (χ4v) is 3.55. The van der Waals surface area contributed by atoms with Gasteiger partial charge in [-0.1, -0.05) is 49.4 Å². The van der Waals surface area contributed by atoms with E-state index in [1.165, 1.54) is 11.1 Å². The molecule has 0 saturated heterocycles. The van der Waals surface area contributed by atoms with Gasteiger partial charge >= 0.3 is 0 Å². The summed E-state index contributed by atoms with van der Waals surface area (Å²) in [6.45, 7) is 6.27. The molecule has 2 heterocycles. The van der Waals surface area contributed by atoms with Crippen molar-refractivity contribution in [1.29, 1.82) is 0 Å². The average molecular weight is 383 g/mol. The molecular weight excluding hydrogens is 358 g/mol. The van der Waals surface area contributed by atoms with Crippen molar-refractivity contribution in [3.63, 3.8) is 0 Å². The van der Waals surface area contributed by atoms with E-state index < -0.39 is 0 Å². The highest BCUT2D eigenvalue weighted by atomic mass is 15.3. The van der Waals surface area contributed by atoms with E-state index >= 15 is 0 Å². The molecule has 0 radical (unpaired) electrons. The predicted molar refractivity (Wildman–Crippen MR) is 117 cm³/mol. The molecule has 4 rings (SSSR count). The van der Waals surface area contributed by atoms with Crippen LogP contribution in [-0.2, 0) is 7.05 Å². The normalized spacial score (nSPS) is 12.6. The third-order valence-corrected chi connectivity index (χ3v) is 5.14. The Morgan fingerprint density at radius 2 is 1.79 bits per heavy atom. The summed E-state index contributed by atoms with van der Waals surface area (Å²) < 4.78 is 3.92. The standard InChI is InChI=1S/C24H25N5/c1-17-14-20(10-12-22(17)29-15-18(2)25-16-29)11-13-23-26-24(28(4)27-23)19(3)21-8-6-5-7-9-21/h5-16,19H,1-4H3/b13-11+. The van der Waals surface area contributed by atoms with Gasteiger partial charge in [0.15, 0.2) is 5.82 Å². The molecule has 5 heteroatoms. The second kappa shape index (κ2) is 7.87. The SMILES string of the molecule is Cc1cn(-c2ccc(/C=C/c3nc(C(C)c4ccccc4)n(C)n3)cc2C)cn1. The van der Waals surface area contributed by atoms with Crippen molar-refractivity contribution < 1.29 is 0 Å². The number of imidazole rings is 1. The van der Waals surface area contributed by atoms with Crippen LogP contribution in [0.25, 0.3) is 17.8 Å². The van der Waals surface area contributed by atoms with Crippen LogP contribution in [0.1, 0.15) is 46.9 Å². The van der Waals surface area contributed by atoms with Crippen LogP contribution < -0.4 is 0 Å². The van der Waals surface area contributed by atoms with Gasteiger partial charge in [0, 0.05) is 24.8 Å². The predicted octanol–water partition coefficient (Wildman–Crippen LogP) is 4.94. The van der Waals surface area contributed by atoms with Crippen LogP contribution in [0.5, 0.6) is 0 Å². The molecular formula is C24H25N5. The first kappa shape index (κ1) is 18.9. The summed E-state index contributed by atoms with van der Waals surface area (Å²) in [6.07, 6.45) is 7.91. The quantitative estimate of drug-likeness (QED) is 0.490. The largest absolute Gasteiger partial charge is 0.306 e. The van der Waals surface area contributed by atoms with Crippen LogP contribution >= 0.6 is 0 Å². The van der Waals surface area contributed by atoms with E-state index in [9.17, 15) is 0 Å². The van der Waals surface area contributed by atoms with Crippen LogP contribution in [0.4, 0.5) is 0 Å². The molecule has 1 unspecified atom stereocenters. The number of nitrogens with zero attached hydrogens (tertiary/aromatic N) is 5. The van der Waals surface area contributed by atoms with Gasteiger partial charge in [-0.2, -0.15) is 5.10 Å². The Balaban J connectivity index is 1.55. The minimum absolute atomic E-state index is 0.191. The Morgan fingerprint density at radius 3 is 2.48 bits per heavy atom. The van der Waals surface area contributed by atoms with Gasteiger partial charge in [0.05, 0.1) is 12.0 Å². The molecule has 0 aliphatic heterocycles. The maximum atomic E-state index is 4.74. The lowest BCUT2D eigenvalue weighted by molar-refractivity contribution is 0.672. The molecule has 0 fully saturated rings. The van der Waals surface area contributed by atoms with Crippen molar-refractivity contribution in [2.75, 3.05) is 0 Å². The van der Waals surface area contributed by atoms with Crippen LogP contribution in [0, 0.1) is 13.8 Å². The molecule has 146 valence electrons. The molecule has 0 N–H and O–H groups in total. The molecule has 29 heavy (non-hydrogen) atoms. The molecule has 0 aliphatic carbocycles. The first-order chi connectivity index (χ1) is 14.0. The van der Waals surface area contributed by atoms with E-state index in [1.54, 1.807) is 0 Å². The molecule has 0 saturated carbocycles. The summed E-state index contributed by atoms with van der Waals surface area (Å²) in [4.78, 5) is 9.05. The zero-order chi connectivity index (χ0) is 20.4. The summed E-state index contributed by atoms with van der Waals surface area (Å²) in [5.41, 5.74) is 5.69. The zero-order valence-electron chi connectivity index (χ0n) is 17.2. The Labute approximate surface area is 171 Å². The van der Waals surface area contributed by atoms with Crippen molar-refractivity contribution in [3.8, 4) is 5.69 Å². The molecule has 0 bridgehead atoms. The summed E-state index contributed by atoms with van der Waals surface area (Å²) in [5.74, 6) is 1.87. The van der Waals surface area contributed by atoms with Crippen molar-refractivity contribution in [2.45, 2.75) is 26.7 Å². The van der Waals surface area contributed by atoms with Crippen LogP contribution in [0.15, 0.2) is 61.1 Å². The van der Waals surface area contributed by atoms with Gasteiger partial charge in [-0.25, -0.2) is 9.97 Å². The second-order valence-electron chi connectivity index (χ2n) is 7.39. The van der Waals surface area contributed by atoms with Gasteiger partial charge in [0.25, 0.3) is 0 Å². The van der Waals surface area contributed by atoms with Crippen molar-refractivity contribution in [3.05, 3.63) is 95.1 Å². The number of hydrogen-bond donors (Lipinski definition) is 0. The third-order valence-electron chi connectivity index (χ3n) is 5.14. The van der Waals surface area contributed by atoms with Crippen molar-refractivity contribution >= 4 is 12.2 Å². The van der Waals surface area contributed by atoms with E-state index in [0.717, 1.165) is 28.6 Å². The van der Waals surface area contributed by atoms with Gasteiger partial charge in [-0.3, -0.25) is 4.68 Å². The number of hydrogen-bond acceptors (Lipinski definition) is 3. The highest BCUT2D eigenvalue weighted by molar-refractivity contribution is 5.68. The molecule has 2 aromatic carbocycles. The van der Waals surface area contributed by atoms with E-state index in [-0.39, 0.29) is 5.92 Å². The third kappa shape index (κ3) is 4.04. The summed E-state index contributed by atoms with van der Waals surface area (Å²) in [6, 6.07) is 16.8. The minimum atomic E-state index is 0.191. The highest BCUT2D eigenvalue weighted by Gasteiger charge is 2.15. The minimum Gasteiger partial charge on any atom is -0.306 e. The Bertz CT molecular complexity index is 1150. The van der Waals surface area contributed by atoms with E-state index in [1.807, 2.05) is 43.3 Å². The van der Waals surface area contributed by atoms with Gasteiger partial charge in [-0.15, -0.1) is 0 Å². The molecule has 0 amide bonds. The second-order valence-corrected chi connectivity index (χ2v) is 7.39. The number of benzene rings is 2.